The van der Waals surface area contributed by atoms with Crippen LogP contribution in [0.2, 0.25) is 0 Å². The van der Waals surface area contributed by atoms with Gasteiger partial charge in [0.2, 0.25) is 0 Å². The number of rotatable bonds is 3. The Morgan fingerprint density at radius 3 is 3.00 bits per heavy atom. The SMILES string of the molecule is CCC1COCCN1c1cc(F)cc(C(=O)O)c1. The van der Waals surface area contributed by atoms with Crippen molar-refractivity contribution in [2.75, 3.05) is 24.7 Å². The number of ether oxygens (including phenoxy) is 1. The maximum absolute atomic E-state index is 13.5. The summed E-state index contributed by atoms with van der Waals surface area (Å²) < 4.78 is 18.8. The third kappa shape index (κ3) is 2.61. The van der Waals surface area contributed by atoms with E-state index in [1.165, 1.54) is 12.1 Å². The van der Waals surface area contributed by atoms with Crippen LogP contribution in [0.1, 0.15) is 23.7 Å². The molecule has 0 amide bonds. The van der Waals surface area contributed by atoms with E-state index < -0.39 is 11.8 Å². The predicted molar refractivity (Wildman–Crippen MR) is 65.6 cm³/mol. The number of aromatic carboxylic acids is 1. The molecule has 1 aromatic carbocycles. The Morgan fingerprint density at radius 2 is 2.33 bits per heavy atom. The molecule has 1 saturated heterocycles. The van der Waals surface area contributed by atoms with Crippen molar-refractivity contribution in [2.45, 2.75) is 19.4 Å². The lowest BCUT2D eigenvalue weighted by molar-refractivity contribution is 0.0696. The van der Waals surface area contributed by atoms with Gasteiger partial charge < -0.3 is 14.7 Å². The first kappa shape index (κ1) is 12.8. The molecule has 1 aliphatic heterocycles. The number of morpholine rings is 1. The summed E-state index contributed by atoms with van der Waals surface area (Å²) in [5.74, 6) is -1.64. The summed E-state index contributed by atoms with van der Waals surface area (Å²) in [7, 11) is 0. The predicted octanol–water partition coefficient (Wildman–Crippen LogP) is 2.14. The number of halogens is 1. The average Bonchev–Trinajstić information content (AvgIpc) is 2.38. The third-order valence-corrected chi connectivity index (χ3v) is 3.16. The second-order valence-electron chi connectivity index (χ2n) is 4.33. The third-order valence-electron chi connectivity index (χ3n) is 3.16. The standard InChI is InChI=1S/C13H16FNO3/c1-2-11-8-18-4-3-15(11)12-6-9(13(16)17)5-10(14)7-12/h5-7,11H,2-4,8H2,1H3,(H,16,17). The van der Waals surface area contributed by atoms with E-state index in [0.717, 1.165) is 12.5 Å². The van der Waals surface area contributed by atoms with Crippen LogP contribution in [0.3, 0.4) is 0 Å². The van der Waals surface area contributed by atoms with Crippen LogP contribution in [0.5, 0.6) is 0 Å². The number of carboxylic acid groups (broad SMARTS) is 1. The van der Waals surface area contributed by atoms with Crippen LogP contribution in [0.25, 0.3) is 0 Å². The molecule has 98 valence electrons. The molecule has 18 heavy (non-hydrogen) atoms. The minimum atomic E-state index is -1.11. The molecule has 5 heteroatoms. The highest BCUT2D eigenvalue weighted by atomic mass is 19.1. The summed E-state index contributed by atoms with van der Waals surface area (Å²) in [5.41, 5.74) is 0.592. The van der Waals surface area contributed by atoms with E-state index in [4.69, 9.17) is 9.84 Å². The van der Waals surface area contributed by atoms with Gasteiger partial charge in [0.05, 0.1) is 24.8 Å². The van der Waals surface area contributed by atoms with Gasteiger partial charge >= 0.3 is 5.97 Å². The highest BCUT2D eigenvalue weighted by molar-refractivity contribution is 5.88. The van der Waals surface area contributed by atoms with Crippen LogP contribution in [-0.2, 0) is 4.74 Å². The van der Waals surface area contributed by atoms with Gasteiger partial charge in [-0.25, -0.2) is 9.18 Å². The molecular formula is C13H16FNO3. The zero-order valence-electron chi connectivity index (χ0n) is 10.2. The van der Waals surface area contributed by atoms with Crippen LogP contribution in [0.15, 0.2) is 18.2 Å². The average molecular weight is 253 g/mol. The Morgan fingerprint density at radius 1 is 1.56 bits per heavy atom. The lowest BCUT2D eigenvalue weighted by atomic mass is 10.1. The topological polar surface area (TPSA) is 49.8 Å². The zero-order chi connectivity index (χ0) is 13.1. The molecule has 1 aromatic rings. The smallest absolute Gasteiger partial charge is 0.335 e. The Labute approximate surface area is 105 Å². The maximum Gasteiger partial charge on any atom is 0.335 e. The van der Waals surface area contributed by atoms with Crippen LogP contribution >= 0.6 is 0 Å². The van der Waals surface area contributed by atoms with E-state index in [9.17, 15) is 9.18 Å². The van der Waals surface area contributed by atoms with E-state index in [2.05, 4.69) is 0 Å². The first-order chi connectivity index (χ1) is 8.61. The van der Waals surface area contributed by atoms with Crippen molar-refractivity contribution in [3.05, 3.63) is 29.6 Å². The minimum absolute atomic E-state index is 0.0219. The first-order valence-electron chi connectivity index (χ1n) is 6.00. The summed E-state index contributed by atoms with van der Waals surface area (Å²) in [5, 5.41) is 8.95. The van der Waals surface area contributed by atoms with Crippen molar-refractivity contribution >= 4 is 11.7 Å². The van der Waals surface area contributed by atoms with Gasteiger partial charge in [-0.1, -0.05) is 6.92 Å². The first-order valence-corrected chi connectivity index (χ1v) is 6.00. The molecule has 0 aromatic heterocycles. The number of benzene rings is 1. The second kappa shape index (κ2) is 5.35. The fraction of sp³-hybridized carbons (Fsp3) is 0.462. The number of hydrogen-bond donors (Lipinski definition) is 1. The summed E-state index contributed by atoms with van der Waals surface area (Å²) in [6.45, 7) is 3.86. The summed E-state index contributed by atoms with van der Waals surface area (Å²) >= 11 is 0. The van der Waals surface area contributed by atoms with Crippen molar-refractivity contribution < 1.29 is 19.0 Å². The van der Waals surface area contributed by atoms with Gasteiger partial charge in [-0.3, -0.25) is 0 Å². The fourth-order valence-corrected chi connectivity index (χ4v) is 2.20. The van der Waals surface area contributed by atoms with E-state index in [-0.39, 0.29) is 11.6 Å². The Balaban J connectivity index is 2.33. The Bertz CT molecular complexity index is 450. The minimum Gasteiger partial charge on any atom is -0.478 e. The quantitative estimate of drug-likeness (QED) is 0.896. The number of nitrogens with zero attached hydrogens (tertiary/aromatic N) is 1. The number of carboxylic acids is 1. The number of anilines is 1. The highest BCUT2D eigenvalue weighted by Crippen LogP contribution is 2.24. The van der Waals surface area contributed by atoms with Crippen LogP contribution in [0, 0.1) is 5.82 Å². The van der Waals surface area contributed by atoms with Crippen LogP contribution in [-0.4, -0.2) is 36.9 Å². The van der Waals surface area contributed by atoms with Crippen molar-refractivity contribution in [3.63, 3.8) is 0 Å². The van der Waals surface area contributed by atoms with E-state index in [0.29, 0.717) is 25.4 Å². The molecule has 2 rings (SSSR count). The summed E-state index contributed by atoms with van der Waals surface area (Å²) in [4.78, 5) is 12.9. The van der Waals surface area contributed by atoms with Gasteiger partial charge in [-0.2, -0.15) is 0 Å². The number of hydrogen-bond acceptors (Lipinski definition) is 3. The van der Waals surface area contributed by atoms with Gasteiger partial charge in [-0.05, 0) is 24.6 Å². The monoisotopic (exact) mass is 253 g/mol. The molecule has 4 nitrogen and oxygen atoms in total. The summed E-state index contributed by atoms with van der Waals surface area (Å²) in [6, 6.07) is 4.09. The lowest BCUT2D eigenvalue weighted by Gasteiger charge is -2.37. The Kier molecular flexibility index (Phi) is 3.81. The maximum atomic E-state index is 13.5. The van der Waals surface area contributed by atoms with Crippen molar-refractivity contribution in [1.29, 1.82) is 0 Å². The molecule has 1 N–H and O–H groups in total. The molecule has 0 radical (unpaired) electrons. The van der Waals surface area contributed by atoms with Crippen LogP contribution in [0.4, 0.5) is 10.1 Å². The molecule has 1 fully saturated rings. The van der Waals surface area contributed by atoms with Gasteiger partial charge in [0.15, 0.2) is 0 Å². The molecule has 0 bridgehead atoms. The van der Waals surface area contributed by atoms with Gasteiger partial charge in [-0.15, -0.1) is 0 Å². The van der Waals surface area contributed by atoms with Gasteiger partial charge in [0.1, 0.15) is 5.82 Å². The zero-order valence-corrected chi connectivity index (χ0v) is 10.2. The normalized spacial score (nSPS) is 19.9. The molecule has 1 heterocycles. The van der Waals surface area contributed by atoms with Crippen LogP contribution < -0.4 is 4.90 Å². The lowest BCUT2D eigenvalue weighted by Crippen LogP contribution is -2.45. The van der Waals surface area contributed by atoms with E-state index >= 15 is 0 Å². The molecule has 0 saturated carbocycles. The fourth-order valence-electron chi connectivity index (χ4n) is 2.20. The molecular weight excluding hydrogens is 237 g/mol. The molecule has 0 spiro atoms. The van der Waals surface area contributed by atoms with Gasteiger partial charge in [0, 0.05) is 12.2 Å². The molecule has 1 aliphatic rings. The number of carbonyl (C=O) groups is 1. The Hall–Kier alpha value is -1.62. The van der Waals surface area contributed by atoms with Crippen molar-refractivity contribution in [2.24, 2.45) is 0 Å². The van der Waals surface area contributed by atoms with Gasteiger partial charge in [0.25, 0.3) is 0 Å². The van der Waals surface area contributed by atoms with Crippen molar-refractivity contribution in [3.8, 4) is 0 Å². The summed E-state index contributed by atoms with van der Waals surface area (Å²) in [6.07, 6.45) is 0.874. The second-order valence-corrected chi connectivity index (χ2v) is 4.33. The van der Waals surface area contributed by atoms with E-state index in [1.807, 2.05) is 11.8 Å². The molecule has 1 unspecified atom stereocenters. The molecule has 1 atom stereocenters. The molecule has 0 aliphatic carbocycles. The van der Waals surface area contributed by atoms with E-state index in [1.54, 1.807) is 0 Å². The van der Waals surface area contributed by atoms with Crippen molar-refractivity contribution in [1.82, 2.24) is 0 Å². The largest absolute Gasteiger partial charge is 0.478 e. The highest BCUT2D eigenvalue weighted by Gasteiger charge is 2.23.